The van der Waals surface area contributed by atoms with E-state index in [0.717, 1.165) is 23.3 Å². The molecule has 0 fully saturated rings. The van der Waals surface area contributed by atoms with Crippen molar-refractivity contribution in [3.8, 4) is 11.5 Å². The average Bonchev–Trinajstić information content (AvgIpc) is 2.94. The molecule has 0 heterocycles. The largest absolute Gasteiger partial charge is 0.497 e. The van der Waals surface area contributed by atoms with Gasteiger partial charge in [0.25, 0.3) is 0 Å². The number of ether oxygens (including phenoxy) is 2. The molecule has 39 heavy (non-hydrogen) atoms. The van der Waals surface area contributed by atoms with Gasteiger partial charge in [-0.25, -0.2) is 0 Å². The van der Waals surface area contributed by atoms with Crippen LogP contribution in [0.2, 0.25) is 10.0 Å². The smallest absolute Gasteiger partial charge is 0.243 e. The highest BCUT2D eigenvalue weighted by atomic mass is 35.5. The SMILES string of the molecule is CC[C@@H](C)NC(=O)[C@@H](Cc1ccccc1)N(Cc1ccc(Cl)cc1Cl)C(=O)CCCOc1ccc(OC)cc1. The number of nitrogens with zero attached hydrogens (tertiary/aromatic N) is 1. The van der Waals surface area contributed by atoms with Crippen LogP contribution in [0.15, 0.2) is 72.8 Å². The first-order valence-corrected chi connectivity index (χ1v) is 13.9. The molecule has 0 aliphatic carbocycles. The molecule has 0 aromatic heterocycles. The zero-order valence-electron chi connectivity index (χ0n) is 22.7. The summed E-state index contributed by atoms with van der Waals surface area (Å²) >= 11 is 12.6. The molecule has 3 aromatic rings. The molecule has 0 radical (unpaired) electrons. The molecular weight excluding hydrogens is 535 g/mol. The van der Waals surface area contributed by atoms with Gasteiger partial charge in [-0.15, -0.1) is 0 Å². The molecule has 0 spiro atoms. The van der Waals surface area contributed by atoms with Gasteiger partial charge in [-0.3, -0.25) is 9.59 Å². The van der Waals surface area contributed by atoms with Crippen LogP contribution in [-0.4, -0.2) is 42.5 Å². The fourth-order valence-electron chi connectivity index (χ4n) is 4.06. The molecule has 6 nitrogen and oxygen atoms in total. The Balaban J connectivity index is 1.81. The van der Waals surface area contributed by atoms with E-state index >= 15 is 0 Å². The summed E-state index contributed by atoms with van der Waals surface area (Å²) < 4.78 is 11.0. The Labute approximate surface area is 241 Å². The Morgan fingerprint density at radius 2 is 1.67 bits per heavy atom. The van der Waals surface area contributed by atoms with Gasteiger partial charge in [0.05, 0.1) is 13.7 Å². The first-order chi connectivity index (χ1) is 18.8. The van der Waals surface area contributed by atoms with E-state index in [0.29, 0.717) is 35.2 Å². The standard InChI is InChI=1S/C31H36Cl2N2O4/c1-4-22(2)34-31(37)29(19-23-9-6-5-7-10-23)35(21-24-12-13-25(32)20-28(24)33)30(36)11-8-18-39-27-16-14-26(38-3)15-17-27/h5-7,9-10,12-17,20,22,29H,4,8,11,18-19,21H2,1-3H3,(H,34,37)/t22-,29-/m1/s1. The molecule has 3 rings (SSSR count). The lowest BCUT2D eigenvalue weighted by atomic mass is 10.0. The zero-order valence-corrected chi connectivity index (χ0v) is 24.2. The predicted molar refractivity (Wildman–Crippen MR) is 157 cm³/mol. The summed E-state index contributed by atoms with van der Waals surface area (Å²) in [4.78, 5) is 28.9. The van der Waals surface area contributed by atoms with Crippen molar-refractivity contribution in [2.75, 3.05) is 13.7 Å². The molecular formula is C31H36Cl2N2O4. The monoisotopic (exact) mass is 570 g/mol. The van der Waals surface area contributed by atoms with Crippen molar-refractivity contribution >= 4 is 35.0 Å². The molecule has 3 aromatic carbocycles. The van der Waals surface area contributed by atoms with E-state index < -0.39 is 6.04 Å². The maximum atomic E-state index is 13.7. The quantitative estimate of drug-likeness (QED) is 0.218. The third kappa shape index (κ3) is 9.48. The maximum Gasteiger partial charge on any atom is 0.243 e. The van der Waals surface area contributed by atoms with Gasteiger partial charge in [-0.1, -0.05) is 66.5 Å². The third-order valence-electron chi connectivity index (χ3n) is 6.49. The van der Waals surface area contributed by atoms with E-state index in [1.54, 1.807) is 30.2 Å². The molecule has 0 saturated carbocycles. The van der Waals surface area contributed by atoms with Crippen LogP contribution in [0.3, 0.4) is 0 Å². The summed E-state index contributed by atoms with van der Waals surface area (Å²) in [5.41, 5.74) is 1.68. The lowest BCUT2D eigenvalue weighted by molar-refractivity contribution is -0.141. The number of benzene rings is 3. The van der Waals surface area contributed by atoms with Gasteiger partial charge < -0.3 is 19.7 Å². The molecule has 8 heteroatoms. The van der Waals surface area contributed by atoms with Gasteiger partial charge in [0.2, 0.25) is 11.8 Å². The minimum atomic E-state index is -0.719. The third-order valence-corrected chi connectivity index (χ3v) is 7.08. The number of carbonyl (C=O) groups is 2. The first kappa shape index (κ1) is 30.3. The highest BCUT2D eigenvalue weighted by Crippen LogP contribution is 2.25. The second-order valence-electron chi connectivity index (χ2n) is 9.41. The zero-order chi connectivity index (χ0) is 28.2. The first-order valence-electron chi connectivity index (χ1n) is 13.1. The van der Waals surface area contributed by atoms with Crippen molar-refractivity contribution in [3.63, 3.8) is 0 Å². The van der Waals surface area contributed by atoms with Crippen LogP contribution in [0.1, 0.15) is 44.2 Å². The van der Waals surface area contributed by atoms with Crippen LogP contribution in [-0.2, 0) is 22.6 Å². The Kier molecular flexibility index (Phi) is 12.0. The van der Waals surface area contributed by atoms with Crippen LogP contribution in [0.25, 0.3) is 0 Å². The van der Waals surface area contributed by atoms with E-state index in [9.17, 15) is 9.59 Å². The summed E-state index contributed by atoms with van der Waals surface area (Å²) in [6, 6.07) is 21.4. The molecule has 0 unspecified atom stereocenters. The predicted octanol–water partition coefficient (Wildman–Crippen LogP) is 6.72. The Morgan fingerprint density at radius 3 is 2.31 bits per heavy atom. The molecule has 0 bridgehead atoms. The van der Waals surface area contributed by atoms with E-state index in [1.165, 1.54) is 0 Å². The van der Waals surface area contributed by atoms with Crippen molar-refractivity contribution in [1.82, 2.24) is 10.2 Å². The highest BCUT2D eigenvalue weighted by Gasteiger charge is 2.31. The van der Waals surface area contributed by atoms with E-state index in [2.05, 4.69) is 5.32 Å². The number of rotatable bonds is 14. The summed E-state index contributed by atoms with van der Waals surface area (Å²) in [6.07, 6.45) is 1.86. The van der Waals surface area contributed by atoms with E-state index in [4.69, 9.17) is 32.7 Å². The number of carbonyl (C=O) groups excluding carboxylic acids is 2. The molecule has 208 valence electrons. The van der Waals surface area contributed by atoms with Crippen LogP contribution >= 0.6 is 23.2 Å². The minimum absolute atomic E-state index is 0.0234. The van der Waals surface area contributed by atoms with Crippen LogP contribution < -0.4 is 14.8 Å². The number of hydrogen-bond acceptors (Lipinski definition) is 4. The lowest BCUT2D eigenvalue weighted by Gasteiger charge is -2.32. The highest BCUT2D eigenvalue weighted by molar-refractivity contribution is 6.35. The summed E-state index contributed by atoms with van der Waals surface area (Å²) in [6.45, 7) is 4.50. The fourth-order valence-corrected chi connectivity index (χ4v) is 4.53. The summed E-state index contributed by atoms with van der Waals surface area (Å²) in [7, 11) is 1.61. The summed E-state index contributed by atoms with van der Waals surface area (Å²) in [5.74, 6) is 1.10. The molecule has 0 saturated heterocycles. The Morgan fingerprint density at radius 1 is 0.974 bits per heavy atom. The van der Waals surface area contributed by atoms with Gasteiger partial charge in [0.15, 0.2) is 0 Å². The van der Waals surface area contributed by atoms with Crippen molar-refractivity contribution in [2.24, 2.45) is 0 Å². The number of methoxy groups -OCH3 is 1. The number of nitrogens with one attached hydrogen (secondary N) is 1. The molecule has 2 atom stereocenters. The molecule has 2 amide bonds. The Hall–Kier alpha value is -3.22. The second-order valence-corrected chi connectivity index (χ2v) is 10.3. The molecule has 0 aliphatic heterocycles. The molecule has 1 N–H and O–H groups in total. The van der Waals surface area contributed by atoms with Crippen molar-refractivity contribution in [3.05, 3.63) is 94.0 Å². The topological polar surface area (TPSA) is 67.9 Å². The van der Waals surface area contributed by atoms with Crippen LogP contribution in [0.5, 0.6) is 11.5 Å². The number of amides is 2. The van der Waals surface area contributed by atoms with Gasteiger partial charge in [0.1, 0.15) is 17.5 Å². The van der Waals surface area contributed by atoms with E-state index in [-0.39, 0.29) is 30.8 Å². The Bertz CT molecular complexity index is 1200. The normalized spacial score (nSPS) is 12.3. The lowest BCUT2D eigenvalue weighted by Crippen LogP contribution is -2.52. The van der Waals surface area contributed by atoms with Crippen LogP contribution in [0, 0.1) is 0 Å². The minimum Gasteiger partial charge on any atom is -0.497 e. The van der Waals surface area contributed by atoms with Crippen molar-refractivity contribution in [2.45, 2.75) is 58.2 Å². The van der Waals surface area contributed by atoms with E-state index in [1.807, 2.05) is 68.4 Å². The van der Waals surface area contributed by atoms with Crippen molar-refractivity contribution < 1.29 is 19.1 Å². The molecule has 0 aliphatic rings. The van der Waals surface area contributed by atoms with Gasteiger partial charge >= 0.3 is 0 Å². The average molecular weight is 572 g/mol. The van der Waals surface area contributed by atoms with Gasteiger partial charge in [-0.05, 0) is 67.3 Å². The van der Waals surface area contributed by atoms with Gasteiger partial charge in [-0.2, -0.15) is 0 Å². The number of halogens is 2. The number of hydrogen-bond donors (Lipinski definition) is 1. The second kappa shape index (κ2) is 15.4. The summed E-state index contributed by atoms with van der Waals surface area (Å²) in [5, 5.41) is 4.03. The fraction of sp³-hybridized carbons (Fsp3) is 0.355. The van der Waals surface area contributed by atoms with Gasteiger partial charge in [0, 0.05) is 35.5 Å². The maximum absolute atomic E-state index is 13.7. The van der Waals surface area contributed by atoms with Crippen LogP contribution in [0.4, 0.5) is 0 Å². The van der Waals surface area contributed by atoms with Crippen molar-refractivity contribution in [1.29, 1.82) is 0 Å².